The fourth-order valence-electron chi connectivity index (χ4n) is 1.18. The average Bonchev–Trinajstić information content (AvgIpc) is 2.17. The number of benzene rings is 1. The molecule has 0 saturated carbocycles. The normalized spacial score (nSPS) is 12.8. The first-order valence-corrected chi connectivity index (χ1v) is 4.26. The minimum Gasteiger partial charge on any atom is -0.480 e. The summed E-state index contributed by atoms with van der Waals surface area (Å²) in [7, 11) is 1.56. The van der Waals surface area contributed by atoms with Crippen LogP contribution in [0.3, 0.4) is 0 Å². The number of aliphatic hydroxyl groups excluding tert-OH is 1. The van der Waals surface area contributed by atoms with Crippen LogP contribution in [-0.4, -0.2) is 34.7 Å². The molecule has 1 rings (SSSR count). The molecule has 0 radical (unpaired) electrons. The monoisotopic (exact) mass is 195 g/mol. The topological polar surface area (TPSA) is 60.8 Å². The van der Waals surface area contributed by atoms with Crippen molar-refractivity contribution in [2.75, 3.05) is 13.6 Å². The fourth-order valence-corrected chi connectivity index (χ4v) is 1.18. The Morgan fingerprint density at radius 2 is 2.00 bits per heavy atom. The van der Waals surface area contributed by atoms with Crippen molar-refractivity contribution < 1.29 is 15.0 Å². The number of carboxylic acid groups (broad SMARTS) is 1. The van der Waals surface area contributed by atoms with Crippen molar-refractivity contribution in [3.8, 4) is 0 Å². The molecule has 1 aromatic carbocycles. The van der Waals surface area contributed by atoms with Gasteiger partial charge in [0.05, 0.1) is 6.54 Å². The molecule has 0 saturated heterocycles. The SMILES string of the molecule is CN(CC(=O)O)C(O)c1ccccc1. The summed E-state index contributed by atoms with van der Waals surface area (Å²) in [5.41, 5.74) is 0.691. The first kappa shape index (κ1) is 10.7. The maximum atomic E-state index is 10.4. The van der Waals surface area contributed by atoms with Gasteiger partial charge in [-0.3, -0.25) is 9.69 Å². The molecular weight excluding hydrogens is 182 g/mol. The summed E-state index contributed by atoms with van der Waals surface area (Å²) in [5, 5.41) is 18.2. The maximum Gasteiger partial charge on any atom is 0.317 e. The summed E-state index contributed by atoms with van der Waals surface area (Å²) in [4.78, 5) is 11.8. The Morgan fingerprint density at radius 3 is 2.50 bits per heavy atom. The first-order chi connectivity index (χ1) is 6.61. The summed E-state index contributed by atoms with van der Waals surface area (Å²) in [6.45, 7) is -0.184. The maximum absolute atomic E-state index is 10.4. The van der Waals surface area contributed by atoms with E-state index in [1.807, 2.05) is 6.07 Å². The number of aliphatic carboxylic acids is 1. The molecule has 0 amide bonds. The molecule has 4 nitrogen and oxygen atoms in total. The third-order valence-electron chi connectivity index (χ3n) is 1.90. The molecule has 76 valence electrons. The van der Waals surface area contributed by atoms with Crippen LogP contribution in [0.2, 0.25) is 0 Å². The van der Waals surface area contributed by atoms with Crippen molar-refractivity contribution in [1.29, 1.82) is 0 Å². The van der Waals surface area contributed by atoms with Crippen LogP contribution in [0, 0.1) is 0 Å². The smallest absolute Gasteiger partial charge is 0.317 e. The van der Waals surface area contributed by atoms with Crippen molar-refractivity contribution in [1.82, 2.24) is 4.90 Å². The van der Waals surface area contributed by atoms with E-state index in [1.54, 1.807) is 31.3 Å². The number of nitrogens with zero attached hydrogens (tertiary/aromatic N) is 1. The van der Waals surface area contributed by atoms with E-state index >= 15 is 0 Å². The first-order valence-electron chi connectivity index (χ1n) is 4.26. The van der Waals surface area contributed by atoms with Crippen molar-refractivity contribution in [3.63, 3.8) is 0 Å². The molecule has 0 aliphatic carbocycles. The zero-order valence-corrected chi connectivity index (χ0v) is 7.92. The van der Waals surface area contributed by atoms with Gasteiger partial charge in [-0.2, -0.15) is 0 Å². The summed E-state index contributed by atoms with van der Waals surface area (Å²) in [6.07, 6.45) is -0.868. The molecule has 0 heterocycles. The lowest BCUT2D eigenvalue weighted by Gasteiger charge is -2.21. The van der Waals surface area contributed by atoms with E-state index in [9.17, 15) is 9.90 Å². The van der Waals surface area contributed by atoms with Gasteiger partial charge in [0.2, 0.25) is 0 Å². The van der Waals surface area contributed by atoms with E-state index in [0.717, 1.165) is 0 Å². The zero-order valence-electron chi connectivity index (χ0n) is 7.92. The molecule has 4 heteroatoms. The number of likely N-dealkylation sites (N-methyl/N-ethyl adjacent to an activating group) is 1. The summed E-state index contributed by atoms with van der Waals surface area (Å²) < 4.78 is 0. The highest BCUT2D eigenvalue weighted by atomic mass is 16.4. The van der Waals surface area contributed by atoms with E-state index in [0.29, 0.717) is 5.56 Å². The van der Waals surface area contributed by atoms with Crippen molar-refractivity contribution >= 4 is 5.97 Å². The van der Waals surface area contributed by atoms with Crippen molar-refractivity contribution in [3.05, 3.63) is 35.9 Å². The fraction of sp³-hybridized carbons (Fsp3) is 0.300. The molecule has 0 aromatic heterocycles. The molecule has 1 unspecified atom stereocenters. The number of carboxylic acids is 1. The number of aliphatic hydroxyl groups is 1. The molecule has 0 aliphatic heterocycles. The minimum atomic E-state index is -0.956. The van der Waals surface area contributed by atoms with Crippen LogP contribution in [0.4, 0.5) is 0 Å². The van der Waals surface area contributed by atoms with Gasteiger partial charge in [-0.1, -0.05) is 30.3 Å². The van der Waals surface area contributed by atoms with Crippen LogP contribution in [0.5, 0.6) is 0 Å². The van der Waals surface area contributed by atoms with Gasteiger partial charge in [0.25, 0.3) is 0 Å². The van der Waals surface area contributed by atoms with Crippen LogP contribution in [0.25, 0.3) is 0 Å². The Kier molecular flexibility index (Phi) is 3.62. The Hall–Kier alpha value is -1.39. The van der Waals surface area contributed by atoms with Crippen LogP contribution in [0.15, 0.2) is 30.3 Å². The Bertz CT molecular complexity index is 299. The van der Waals surface area contributed by atoms with Crippen molar-refractivity contribution in [2.45, 2.75) is 6.23 Å². The van der Waals surface area contributed by atoms with Crippen molar-refractivity contribution in [2.24, 2.45) is 0 Å². The molecular formula is C10H13NO3. The highest BCUT2D eigenvalue weighted by Crippen LogP contribution is 2.14. The molecule has 2 N–H and O–H groups in total. The Balaban J connectivity index is 2.65. The molecule has 1 aromatic rings. The highest BCUT2D eigenvalue weighted by molar-refractivity contribution is 5.69. The van der Waals surface area contributed by atoms with Crippen LogP contribution in [0.1, 0.15) is 11.8 Å². The van der Waals surface area contributed by atoms with E-state index < -0.39 is 12.2 Å². The second-order valence-corrected chi connectivity index (χ2v) is 3.09. The van der Waals surface area contributed by atoms with Gasteiger partial charge in [-0.15, -0.1) is 0 Å². The lowest BCUT2D eigenvalue weighted by molar-refractivity contribution is -0.140. The Labute approximate surface area is 82.4 Å². The summed E-state index contributed by atoms with van der Waals surface area (Å²) in [5.74, 6) is -0.956. The average molecular weight is 195 g/mol. The molecule has 0 aliphatic rings. The Morgan fingerprint density at radius 1 is 1.43 bits per heavy atom. The number of carbonyl (C=O) groups is 1. The minimum absolute atomic E-state index is 0.184. The van der Waals surface area contributed by atoms with Gasteiger partial charge in [0, 0.05) is 0 Å². The predicted octanol–water partition coefficient (Wildman–Crippen LogP) is 0.694. The van der Waals surface area contributed by atoms with Gasteiger partial charge in [0.1, 0.15) is 6.23 Å². The van der Waals surface area contributed by atoms with E-state index in [-0.39, 0.29) is 6.54 Å². The number of hydrogen-bond donors (Lipinski definition) is 2. The molecule has 0 fully saturated rings. The summed E-state index contributed by atoms with van der Waals surface area (Å²) >= 11 is 0. The van der Waals surface area contributed by atoms with Crippen LogP contribution >= 0.6 is 0 Å². The second-order valence-electron chi connectivity index (χ2n) is 3.09. The van der Waals surface area contributed by atoms with Gasteiger partial charge in [0.15, 0.2) is 0 Å². The van der Waals surface area contributed by atoms with Gasteiger partial charge in [-0.25, -0.2) is 0 Å². The number of hydrogen-bond acceptors (Lipinski definition) is 3. The molecule has 14 heavy (non-hydrogen) atoms. The van der Waals surface area contributed by atoms with E-state index in [4.69, 9.17) is 5.11 Å². The van der Waals surface area contributed by atoms with Crippen LogP contribution < -0.4 is 0 Å². The van der Waals surface area contributed by atoms with Crippen LogP contribution in [-0.2, 0) is 4.79 Å². The molecule has 0 bridgehead atoms. The second kappa shape index (κ2) is 4.74. The zero-order chi connectivity index (χ0) is 10.6. The van der Waals surface area contributed by atoms with E-state index in [2.05, 4.69) is 0 Å². The predicted molar refractivity (Wildman–Crippen MR) is 51.7 cm³/mol. The highest BCUT2D eigenvalue weighted by Gasteiger charge is 2.15. The van der Waals surface area contributed by atoms with E-state index in [1.165, 1.54) is 4.90 Å². The largest absolute Gasteiger partial charge is 0.480 e. The van der Waals surface area contributed by atoms with Gasteiger partial charge in [-0.05, 0) is 12.6 Å². The van der Waals surface area contributed by atoms with Gasteiger partial charge < -0.3 is 10.2 Å². The third kappa shape index (κ3) is 2.83. The molecule has 0 spiro atoms. The lowest BCUT2D eigenvalue weighted by Crippen LogP contribution is -2.29. The standard InChI is InChI=1S/C10H13NO3/c1-11(7-9(12)13)10(14)8-5-3-2-4-6-8/h2-6,10,14H,7H2,1H3,(H,12,13). The summed E-state index contributed by atoms with van der Waals surface area (Å²) in [6, 6.07) is 8.94. The molecule has 1 atom stereocenters. The third-order valence-corrected chi connectivity index (χ3v) is 1.90. The number of rotatable bonds is 4. The quantitative estimate of drug-likeness (QED) is 0.694. The lowest BCUT2D eigenvalue weighted by atomic mass is 10.2. The van der Waals surface area contributed by atoms with Gasteiger partial charge >= 0.3 is 5.97 Å².